The standard InChI is InChI=1S/C10H14O2/c1-5-9(6-8(2)3)10(11)7-12-4/h5-6H,1-2,7H2,3-4H3/b9-6+. The predicted molar refractivity (Wildman–Crippen MR) is 50.0 cm³/mol. The molecule has 0 radical (unpaired) electrons. The maximum atomic E-state index is 11.2. The van der Waals surface area contributed by atoms with Gasteiger partial charge in [-0.25, -0.2) is 0 Å². The molecule has 66 valence electrons. The van der Waals surface area contributed by atoms with E-state index < -0.39 is 0 Å². The fourth-order valence-electron chi connectivity index (χ4n) is 0.733. The molecule has 0 aliphatic heterocycles. The number of ketones is 1. The van der Waals surface area contributed by atoms with Gasteiger partial charge in [-0.2, -0.15) is 0 Å². The van der Waals surface area contributed by atoms with Crippen LogP contribution < -0.4 is 0 Å². The minimum atomic E-state index is -0.0736. The smallest absolute Gasteiger partial charge is 0.188 e. The number of hydrogen-bond acceptors (Lipinski definition) is 2. The van der Waals surface area contributed by atoms with Gasteiger partial charge in [0.05, 0.1) is 0 Å². The number of ether oxygens (including phenoxy) is 1. The minimum absolute atomic E-state index is 0.0736. The Kier molecular flexibility index (Phi) is 4.97. The van der Waals surface area contributed by atoms with Crippen LogP contribution in [0.5, 0.6) is 0 Å². The van der Waals surface area contributed by atoms with Gasteiger partial charge in [0.2, 0.25) is 0 Å². The number of carbonyl (C=O) groups is 1. The predicted octanol–water partition coefficient (Wildman–Crippen LogP) is 1.89. The van der Waals surface area contributed by atoms with Gasteiger partial charge in [0.1, 0.15) is 6.61 Å². The molecule has 0 rings (SSSR count). The molecule has 0 fully saturated rings. The Hall–Kier alpha value is -1.15. The number of carbonyl (C=O) groups excluding carboxylic acids is 1. The maximum absolute atomic E-state index is 11.2. The molecule has 0 unspecified atom stereocenters. The summed E-state index contributed by atoms with van der Waals surface area (Å²) in [6, 6.07) is 0. The van der Waals surface area contributed by atoms with E-state index in [0.29, 0.717) is 5.57 Å². The lowest BCUT2D eigenvalue weighted by molar-refractivity contribution is -0.118. The molecule has 2 nitrogen and oxygen atoms in total. The molecule has 0 amide bonds. The first kappa shape index (κ1) is 10.8. The molecule has 0 heterocycles. The average Bonchev–Trinajstić information content (AvgIpc) is 2.00. The highest BCUT2D eigenvalue weighted by atomic mass is 16.5. The van der Waals surface area contributed by atoms with Crippen LogP contribution in [0.2, 0.25) is 0 Å². The summed E-state index contributed by atoms with van der Waals surface area (Å²) in [5.41, 5.74) is 1.37. The minimum Gasteiger partial charge on any atom is -0.377 e. The molecule has 12 heavy (non-hydrogen) atoms. The van der Waals surface area contributed by atoms with Crippen LogP contribution in [0.15, 0.2) is 36.5 Å². The van der Waals surface area contributed by atoms with Gasteiger partial charge in [0, 0.05) is 12.7 Å². The van der Waals surface area contributed by atoms with Crippen molar-refractivity contribution in [2.24, 2.45) is 0 Å². The first-order valence-electron chi connectivity index (χ1n) is 3.63. The van der Waals surface area contributed by atoms with Crippen molar-refractivity contribution in [3.05, 3.63) is 36.5 Å². The normalized spacial score (nSPS) is 11.0. The quantitative estimate of drug-likeness (QED) is 0.460. The van der Waals surface area contributed by atoms with E-state index in [0.717, 1.165) is 5.57 Å². The van der Waals surface area contributed by atoms with Crippen molar-refractivity contribution in [3.63, 3.8) is 0 Å². The molecule has 0 aromatic heterocycles. The van der Waals surface area contributed by atoms with E-state index in [1.807, 2.05) is 6.92 Å². The monoisotopic (exact) mass is 166 g/mol. The van der Waals surface area contributed by atoms with Crippen molar-refractivity contribution in [1.29, 1.82) is 0 Å². The van der Waals surface area contributed by atoms with Crippen molar-refractivity contribution in [1.82, 2.24) is 0 Å². The van der Waals surface area contributed by atoms with Crippen molar-refractivity contribution >= 4 is 5.78 Å². The number of rotatable bonds is 5. The second-order valence-corrected chi connectivity index (χ2v) is 2.51. The molecule has 0 aromatic rings. The van der Waals surface area contributed by atoms with Crippen LogP contribution in [0.4, 0.5) is 0 Å². The molecule has 0 N–H and O–H groups in total. The topological polar surface area (TPSA) is 26.3 Å². The number of allylic oxidation sites excluding steroid dienone is 3. The second kappa shape index (κ2) is 5.49. The van der Waals surface area contributed by atoms with E-state index >= 15 is 0 Å². The van der Waals surface area contributed by atoms with Crippen LogP contribution in [0, 0.1) is 0 Å². The highest BCUT2D eigenvalue weighted by molar-refractivity contribution is 5.99. The lowest BCUT2D eigenvalue weighted by atomic mass is 10.1. The van der Waals surface area contributed by atoms with Gasteiger partial charge in [-0.05, 0) is 13.0 Å². The van der Waals surface area contributed by atoms with E-state index in [-0.39, 0.29) is 12.4 Å². The molecule has 0 bridgehead atoms. The van der Waals surface area contributed by atoms with Gasteiger partial charge in [-0.3, -0.25) is 4.79 Å². The summed E-state index contributed by atoms with van der Waals surface area (Å²) < 4.78 is 4.70. The van der Waals surface area contributed by atoms with Crippen LogP contribution in [0.3, 0.4) is 0 Å². The average molecular weight is 166 g/mol. The van der Waals surface area contributed by atoms with Crippen LogP contribution in [0.25, 0.3) is 0 Å². The van der Waals surface area contributed by atoms with Gasteiger partial charge < -0.3 is 4.74 Å². The molecule has 0 aliphatic carbocycles. The van der Waals surface area contributed by atoms with Crippen LogP contribution in [-0.2, 0) is 9.53 Å². The number of hydrogen-bond donors (Lipinski definition) is 0. The first-order valence-corrected chi connectivity index (χ1v) is 3.63. The van der Waals surface area contributed by atoms with Gasteiger partial charge in [0.25, 0.3) is 0 Å². The van der Waals surface area contributed by atoms with E-state index in [2.05, 4.69) is 13.2 Å². The fraction of sp³-hybridized carbons (Fsp3) is 0.300. The lowest BCUT2D eigenvalue weighted by Crippen LogP contribution is -2.08. The number of Topliss-reactive ketones (excluding diaryl/α,β-unsaturated/α-hetero) is 1. The number of methoxy groups -OCH3 is 1. The summed E-state index contributed by atoms with van der Waals surface area (Å²) in [4.78, 5) is 11.2. The molecule has 2 heteroatoms. The van der Waals surface area contributed by atoms with Crippen molar-refractivity contribution in [2.45, 2.75) is 6.92 Å². The van der Waals surface area contributed by atoms with Crippen molar-refractivity contribution in [3.8, 4) is 0 Å². The third-order valence-electron chi connectivity index (χ3n) is 1.22. The van der Waals surface area contributed by atoms with Crippen molar-refractivity contribution < 1.29 is 9.53 Å². The van der Waals surface area contributed by atoms with Gasteiger partial charge in [-0.15, -0.1) is 0 Å². The van der Waals surface area contributed by atoms with Crippen LogP contribution >= 0.6 is 0 Å². The SMILES string of the molecule is C=C/C(=C\C(=C)C)C(=O)COC. The Morgan fingerprint density at radius 1 is 1.58 bits per heavy atom. The zero-order valence-electron chi connectivity index (χ0n) is 7.59. The molecule has 0 aliphatic rings. The summed E-state index contributed by atoms with van der Waals surface area (Å²) >= 11 is 0. The van der Waals surface area contributed by atoms with Gasteiger partial charge in [-0.1, -0.05) is 24.8 Å². The first-order chi connectivity index (χ1) is 5.61. The van der Waals surface area contributed by atoms with Crippen LogP contribution in [-0.4, -0.2) is 19.5 Å². The Morgan fingerprint density at radius 2 is 2.17 bits per heavy atom. The van der Waals surface area contributed by atoms with Gasteiger partial charge >= 0.3 is 0 Å². The molecular formula is C10H14O2. The second-order valence-electron chi connectivity index (χ2n) is 2.51. The summed E-state index contributed by atoms with van der Waals surface area (Å²) in [7, 11) is 1.49. The largest absolute Gasteiger partial charge is 0.377 e. The highest BCUT2D eigenvalue weighted by Gasteiger charge is 2.03. The third kappa shape index (κ3) is 3.88. The zero-order valence-corrected chi connectivity index (χ0v) is 7.59. The zero-order chi connectivity index (χ0) is 9.56. The molecule has 0 saturated heterocycles. The summed E-state index contributed by atoms with van der Waals surface area (Å²) in [5, 5.41) is 0. The Morgan fingerprint density at radius 3 is 2.50 bits per heavy atom. The summed E-state index contributed by atoms with van der Waals surface area (Å²) in [6.45, 7) is 9.11. The fourth-order valence-corrected chi connectivity index (χ4v) is 0.733. The molecule has 0 atom stereocenters. The van der Waals surface area contributed by atoms with E-state index in [1.54, 1.807) is 6.08 Å². The van der Waals surface area contributed by atoms with Crippen molar-refractivity contribution in [2.75, 3.05) is 13.7 Å². The van der Waals surface area contributed by atoms with Gasteiger partial charge in [0.15, 0.2) is 5.78 Å². The van der Waals surface area contributed by atoms with E-state index in [4.69, 9.17) is 4.74 Å². The Labute approximate surface area is 73.2 Å². The Balaban J connectivity index is 4.44. The Bertz CT molecular complexity index is 224. The third-order valence-corrected chi connectivity index (χ3v) is 1.22. The highest BCUT2D eigenvalue weighted by Crippen LogP contribution is 2.02. The summed E-state index contributed by atoms with van der Waals surface area (Å²) in [5.74, 6) is -0.0736. The lowest BCUT2D eigenvalue weighted by Gasteiger charge is -1.99. The molecular weight excluding hydrogens is 152 g/mol. The summed E-state index contributed by atoms with van der Waals surface area (Å²) in [6.07, 6.45) is 3.20. The molecule has 0 aromatic carbocycles. The maximum Gasteiger partial charge on any atom is 0.188 e. The molecule has 0 spiro atoms. The van der Waals surface area contributed by atoms with E-state index in [9.17, 15) is 4.79 Å². The molecule has 0 saturated carbocycles. The van der Waals surface area contributed by atoms with Crippen LogP contribution in [0.1, 0.15) is 6.92 Å². The van der Waals surface area contributed by atoms with E-state index in [1.165, 1.54) is 13.2 Å².